The second-order valence-electron chi connectivity index (χ2n) is 11.7. The van der Waals surface area contributed by atoms with Crippen LogP contribution in [-0.4, -0.2) is 24.5 Å². The van der Waals surface area contributed by atoms with Crippen LogP contribution in [0.3, 0.4) is 0 Å². The maximum absolute atomic E-state index is 9.47. The second-order valence-corrected chi connectivity index (χ2v) is 11.7. The molecule has 0 spiro atoms. The van der Waals surface area contributed by atoms with Crippen molar-refractivity contribution in [3.8, 4) is 75.0 Å². The van der Waals surface area contributed by atoms with Crippen LogP contribution in [0.4, 0.5) is 0 Å². The summed E-state index contributed by atoms with van der Waals surface area (Å²) in [7, 11) is 0. The van der Waals surface area contributed by atoms with Crippen LogP contribution in [0.25, 0.3) is 72.5 Å². The van der Waals surface area contributed by atoms with Crippen LogP contribution >= 0.6 is 0 Å². The van der Waals surface area contributed by atoms with Gasteiger partial charge in [-0.15, -0.1) is 0 Å². The Morgan fingerprint density at radius 3 is 1.25 bits per heavy atom. The summed E-state index contributed by atoms with van der Waals surface area (Å²) >= 11 is 0. The average molecular weight is 652 g/mol. The van der Waals surface area contributed by atoms with Crippen LogP contribution in [-0.2, 0) is 0 Å². The first-order valence-electron chi connectivity index (χ1n) is 15.8. The van der Waals surface area contributed by atoms with E-state index in [1.54, 1.807) is 0 Å². The van der Waals surface area contributed by atoms with Crippen molar-refractivity contribution in [2.75, 3.05) is 0 Å². The third kappa shape index (κ3) is 5.46. The fraction of sp³-hybridized carbons (Fsp3) is 0. The molecule has 8 aromatic rings. The molecule has 0 amide bonds. The van der Waals surface area contributed by atoms with Crippen molar-refractivity contribution >= 4 is 21.8 Å². The minimum atomic E-state index is 0.336. The Morgan fingerprint density at radius 1 is 0.392 bits per heavy atom. The first-order chi connectivity index (χ1) is 25.1. The summed E-state index contributed by atoms with van der Waals surface area (Å²) in [6.45, 7) is 0. The summed E-state index contributed by atoms with van der Waals surface area (Å²) in [5.74, 6) is 0.838. The number of benzene rings is 5. The minimum absolute atomic E-state index is 0.336. The van der Waals surface area contributed by atoms with Gasteiger partial charge in [-0.2, -0.15) is 21.0 Å². The zero-order valence-corrected chi connectivity index (χ0v) is 26.6. The molecule has 0 fully saturated rings. The predicted molar refractivity (Wildman–Crippen MR) is 193 cm³/mol. The zero-order chi connectivity index (χ0) is 34.9. The van der Waals surface area contributed by atoms with E-state index < -0.39 is 0 Å². The molecule has 51 heavy (non-hydrogen) atoms. The largest absolute Gasteiger partial charge is 0.308 e. The second kappa shape index (κ2) is 12.6. The third-order valence-corrected chi connectivity index (χ3v) is 8.76. The van der Waals surface area contributed by atoms with Gasteiger partial charge in [0.2, 0.25) is 0 Å². The minimum Gasteiger partial charge on any atom is -0.308 e. The molecule has 9 nitrogen and oxygen atoms in total. The highest BCUT2D eigenvalue weighted by molar-refractivity contribution is 6.11. The van der Waals surface area contributed by atoms with Gasteiger partial charge in [-0.05, 0) is 76.9 Å². The van der Waals surface area contributed by atoms with Gasteiger partial charge in [0.25, 0.3) is 0 Å². The Labute approximate surface area is 291 Å². The van der Waals surface area contributed by atoms with Crippen LogP contribution in [0, 0.1) is 45.3 Å². The molecule has 0 bridgehead atoms. The van der Waals surface area contributed by atoms with Crippen molar-refractivity contribution in [2.24, 2.45) is 0 Å². The number of hydrogen-bond acceptors (Lipinski definition) is 8. The lowest BCUT2D eigenvalue weighted by Crippen LogP contribution is -2.01. The van der Waals surface area contributed by atoms with Crippen molar-refractivity contribution < 1.29 is 0 Å². The van der Waals surface area contributed by atoms with Crippen LogP contribution in [0.15, 0.2) is 128 Å². The molecule has 0 unspecified atom stereocenters. The zero-order valence-electron chi connectivity index (χ0n) is 26.6. The lowest BCUT2D eigenvalue weighted by Gasteiger charge is -2.15. The fourth-order valence-electron chi connectivity index (χ4n) is 6.22. The van der Waals surface area contributed by atoms with Crippen LogP contribution in [0.5, 0.6) is 0 Å². The molecule has 9 heteroatoms. The quantitative estimate of drug-likeness (QED) is 0.180. The molecule has 0 N–H and O–H groups in total. The Bertz CT molecular complexity index is 2690. The van der Waals surface area contributed by atoms with Crippen molar-refractivity contribution in [3.05, 3.63) is 150 Å². The molecule has 0 atom stereocenters. The SMILES string of the molecule is N#Cc1ccc(-c2ccc3c4ccc(-c5ccc(C#N)cc5)cc4n(-c4ccc(-c5ncc(C#N)cn5)cc4-c4ncc(C#N)cn4)c3c2)cc1. The van der Waals surface area contributed by atoms with Crippen LogP contribution < -0.4 is 0 Å². The van der Waals surface area contributed by atoms with E-state index in [2.05, 4.69) is 85.2 Å². The molecule has 5 aromatic carbocycles. The van der Waals surface area contributed by atoms with Gasteiger partial charge in [-0.1, -0.05) is 48.5 Å². The molecule has 0 radical (unpaired) electrons. The fourth-order valence-corrected chi connectivity index (χ4v) is 6.22. The van der Waals surface area contributed by atoms with Gasteiger partial charge in [0, 0.05) is 46.7 Å². The number of nitriles is 4. The highest BCUT2D eigenvalue weighted by atomic mass is 15.0. The summed E-state index contributed by atoms with van der Waals surface area (Å²) < 4.78 is 2.19. The molecule has 0 aliphatic rings. The molecule has 3 aromatic heterocycles. The van der Waals surface area contributed by atoms with E-state index in [-0.39, 0.29) is 0 Å². The molecule has 8 rings (SSSR count). The van der Waals surface area contributed by atoms with E-state index in [9.17, 15) is 21.0 Å². The molecule has 0 aliphatic carbocycles. The first kappa shape index (κ1) is 30.4. The van der Waals surface area contributed by atoms with Crippen LogP contribution in [0.1, 0.15) is 22.3 Å². The van der Waals surface area contributed by atoms with Gasteiger partial charge < -0.3 is 4.57 Å². The highest BCUT2D eigenvalue weighted by Crippen LogP contribution is 2.40. The lowest BCUT2D eigenvalue weighted by molar-refractivity contribution is 1.12. The summed E-state index contributed by atoms with van der Waals surface area (Å²) in [4.78, 5) is 18.0. The van der Waals surface area contributed by atoms with Crippen molar-refractivity contribution in [3.63, 3.8) is 0 Å². The summed E-state index contributed by atoms with van der Waals surface area (Å²) in [5.41, 5.74) is 9.77. The van der Waals surface area contributed by atoms with E-state index in [4.69, 9.17) is 0 Å². The Balaban J connectivity index is 1.42. The Hall–Kier alpha value is -7.98. The smallest absolute Gasteiger partial charge is 0.161 e. The van der Waals surface area contributed by atoms with E-state index in [1.807, 2.05) is 66.7 Å². The highest BCUT2D eigenvalue weighted by Gasteiger charge is 2.20. The summed E-state index contributed by atoms with van der Waals surface area (Å²) in [6.07, 6.45) is 5.96. The monoisotopic (exact) mass is 651 g/mol. The Kier molecular flexibility index (Phi) is 7.48. The molecule has 3 heterocycles. The molecule has 0 saturated heterocycles. The number of nitrogens with zero attached hydrogens (tertiary/aromatic N) is 9. The number of hydrogen-bond donors (Lipinski definition) is 0. The molecular weight excluding hydrogens is 631 g/mol. The van der Waals surface area contributed by atoms with E-state index in [0.717, 1.165) is 49.7 Å². The Morgan fingerprint density at radius 2 is 0.804 bits per heavy atom. The van der Waals surface area contributed by atoms with Crippen LogP contribution in [0.2, 0.25) is 0 Å². The van der Waals surface area contributed by atoms with Gasteiger partial charge in [-0.3, -0.25) is 0 Å². The van der Waals surface area contributed by atoms with E-state index in [0.29, 0.717) is 45.0 Å². The molecular formula is C42H21N9. The van der Waals surface area contributed by atoms with Gasteiger partial charge in [0.15, 0.2) is 11.6 Å². The van der Waals surface area contributed by atoms with E-state index in [1.165, 1.54) is 24.8 Å². The van der Waals surface area contributed by atoms with Crippen molar-refractivity contribution in [1.82, 2.24) is 24.5 Å². The average Bonchev–Trinajstić information content (AvgIpc) is 3.53. The molecule has 0 saturated carbocycles. The van der Waals surface area contributed by atoms with Gasteiger partial charge in [0.1, 0.15) is 12.1 Å². The summed E-state index contributed by atoms with van der Waals surface area (Å²) in [6, 6.07) is 42.0. The maximum Gasteiger partial charge on any atom is 0.161 e. The third-order valence-electron chi connectivity index (χ3n) is 8.76. The van der Waals surface area contributed by atoms with Crippen molar-refractivity contribution in [1.29, 1.82) is 21.0 Å². The summed E-state index contributed by atoms with van der Waals surface area (Å²) in [5, 5.41) is 39.5. The topological polar surface area (TPSA) is 152 Å². The molecule has 234 valence electrons. The number of rotatable bonds is 5. The number of fused-ring (bicyclic) bond motifs is 3. The standard InChI is InChI=1S/C42H21N9/c43-18-26-1-5-30(6-2-26)32-9-12-35-36-13-10-33(31-7-3-27(19-44)4-8-31)17-40(36)51(39(35)16-32)38-14-11-34(41-47-22-28(20-45)23-48-41)15-37(38)42-49-24-29(21-46)25-50-42/h1-17,22-25H. The van der Waals surface area contributed by atoms with Gasteiger partial charge in [0.05, 0.1) is 51.1 Å². The molecule has 0 aliphatic heterocycles. The lowest BCUT2D eigenvalue weighted by atomic mass is 10.0. The van der Waals surface area contributed by atoms with Gasteiger partial charge >= 0.3 is 0 Å². The van der Waals surface area contributed by atoms with E-state index >= 15 is 0 Å². The maximum atomic E-state index is 9.47. The normalized spacial score (nSPS) is 10.7. The number of aromatic nitrogens is 5. The predicted octanol–water partition coefficient (Wildman–Crippen LogP) is 8.52. The van der Waals surface area contributed by atoms with Crippen molar-refractivity contribution in [2.45, 2.75) is 0 Å². The first-order valence-corrected chi connectivity index (χ1v) is 15.8. The van der Waals surface area contributed by atoms with Gasteiger partial charge in [-0.25, -0.2) is 19.9 Å².